The minimum Gasteiger partial charge on any atom is -0.497 e. The molecule has 0 bridgehead atoms. The molecule has 4 nitrogen and oxygen atoms in total. The second kappa shape index (κ2) is 6.32. The molecule has 1 aliphatic rings. The largest absolute Gasteiger partial charge is 0.497 e. The van der Waals surface area contributed by atoms with Crippen LogP contribution in [-0.4, -0.2) is 19.1 Å². The molecule has 0 saturated carbocycles. The molecule has 2 aromatic carbocycles. The lowest BCUT2D eigenvalue weighted by Gasteiger charge is -2.39. The molecule has 1 N–H and O–H groups in total. The first-order chi connectivity index (χ1) is 11.1. The average molecular weight is 310 g/mol. The van der Waals surface area contributed by atoms with E-state index in [1.807, 2.05) is 35.2 Å². The summed E-state index contributed by atoms with van der Waals surface area (Å²) in [5.41, 5.74) is 3.15. The Bertz CT molecular complexity index is 700. The molecule has 23 heavy (non-hydrogen) atoms. The van der Waals surface area contributed by atoms with Gasteiger partial charge in [0, 0.05) is 24.7 Å². The number of methoxy groups -OCH3 is 1. The Labute approximate surface area is 137 Å². The highest BCUT2D eigenvalue weighted by Crippen LogP contribution is 2.40. The SMILES string of the molecule is COc1ccc2c(c1)N(C(C)=O)[C@H](C)CC2Nc1ccccc1. The van der Waals surface area contributed by atoms with Crippen LogP contribution in [-0.2, 0) is 4.79 Å². The molecule has 0 aromatic heterocycles. The minimum atomic E-state index is 0.0603. The van der Waals surface area contributed by atoms with Crippen LogP contribution in [0.5, 0.6) is 5.75 Å². The summed E-state index contributed by atoms with van der Waals surface area (Å²) in [6.45, 7) is 3.70. The molecule has 4 heteroatoms. The number of rotatable bonds is 3. The normalized spacial score (nSPS) is 19.9. The monoisotopic (exact) mass is 310 g/mol. The molecule has 0 saturated heterocycles. The highest BCUT2D eigenvalue weighted by atomic mass is 16.5. The van der Waals surface area contributed by atoms with Crippen LogP contribution in [0.2, 0.25) is 0 Å². The summed E-state index contributed by atoms with van der Waals surface area (Å²) in [6.07, 6.45) is 0.869. The fraction of sp³-hybridized carbons (Fsp3) is 0.316. The van der Waals surface area contributed by atoms with Crippen LogP contribution >= 0.6 is 0 Å². The van der Waals surface area contributed by atoms with Gasteiger partial charge in [-0.05, 0) is 37.1 Å². The number of para-hydroxylation sites is 1. The highest BCUT2D eigenvalue weighted by Gasteiger charge is 2.32. The number of anilines is 2. The Hall–Kier alpha value is -2.49. The molecule has 0 aliphatic carbocycles. The van der Waals surface area contributed by atoms with Crippen molar-refractivity contribution < 1.29 is 9.53 Å². The number of nitrogens with one attached hydrogen (secondary N) is 1. The molecular formula is C19H22N2O2. The van der Waals surface area contributed by atoms with Crippen molar-refractivity contribution >= 4 is 17.3 Å². The van der Waals surface area contributed by atoms with E-state index in [1.165, 1.54) is 0 Å². The summed E-state index contributed by atoms with van der Waals surface area (Å²) in [6, 6.07) is 16.4. The van der Waals surface area contributed by atoms with Crippen LogP contribution < -0.4 is 15.0 Å². The lowest BCUT2D eigenvalue weighted by Crippen LogP contribution is -2.43. The third-order valence-electron chi connectivity index (χ3n) is 4.34. The molecule has 0 radical (unpaired) electrons. The van der Waals surface area contributed by atoms with Crippen molar-refractivity contribution in [2.24, 2.45) is 0 Å². The van der Waals surface area contributed by atoms with Crippen molar-refractivity contribution in [3.8, 4) is 5.75 Å². The molecule has 0 fully saturated rings. The zero-order chi connectivity index (χ0) is 16.4. The van der Waals surface area contributed by atoms with Crippen molar-refractivity contribution in [2.45, 2.75) is 32.4 Å². The third kappa shape index (κ3) is 3.02. The van der Waals surface area contributed by atoms with E-state index in [0.29, 0.717) is 0 Å². The summed E-state index contributed by atoms with van der Waals surface area (Å²) in [7, 11) is 1.64. The van der Waals surface area contributed by atoms with Gasteiger partial charge in [0.1, 0.15) is 5.75 Å². The van der Waals surface area contributed by atoms with Gasteiger partial charge in [-0.2, -0.15) is 0 Å². The van der Waals surface area contributed by atoms with Gasteiger partial charge in [-0.15, -0.1) is 0 Å². The predicted octanol–water partition coefficient (Wildman–Crippen LogP) is 3.99. The first-order valence-electron chi connectivity index (χ1n) is 7.89. The number of ether oxygens (including phenoxy) is 1. The maximum atomic E-state index is 12.1. The Morgan fingerprint density at radius 1 is 1.22 bits per heavy atom. The molecule has 1 aliphatic heterocycles. The van der Waals surface area contributed by atoms with E-state index in [4.69, 9.17) is 4.74 Å². The Kier molecular flexibility index (Phi) is 4.24. The Morgan fingerprint density at radius 2 is 1.96 bits per heavy atom. The van der Waals surface area contributed by atoms with E-state index in [0.717, 1.165) is 29.1 Å². The highest BCUT2D eigenvalue weighted by molar-refractivity contribution is 5.94. The number of carbonyl (C=O) groups is 1. The second-order valence-electron chi connectivity index (χ2n) is 5.96. The topological polar surface area (TPSA) is 41.6 Å². The van der Waals surface area contributed by atoms with Crippen LogP contribution in [0.1, 0.15) is 31.9 Å². The fourth-order valence-corrected chi connectivity index (χ4v) is 3.32. The molecule has 2 atom stereocenters. The minimum absolute atomic E-state index is 0.0603. The molecule has 0 spiro atoms. The standard InChI is InChI=1S/C19H22N2O2/c1-13-11-18(20-15-7-5-4-6-8-15)17-10-9-16(23-3)12-19(17)21(13)14(2)22/h4-10,12-13,18,20H,11H2,1-3H3/t13-,18?/m1/s1. The van der Waals surface area contributed by atoms with E-state index in [9.17, 15) is 4.79 Å². The maximum Gasteiger partial charge on any atom is 0.224 e. The lowest BCUT2D eigenvalue weighted by atomic mass is 9.91. The average Bonchev–Trinajstić information content (AvgIpc) is 2.54. The van der Waals surface area contributed by atoms with Crippen molar-refractivity contribution in [3.05, 3.63) is 54.1 Å². The molecule has 1 amide bonds. The van der Waals surface area contributed by atoms with Gasteiger partial charge in [-0.25, -0.2) is 0 Å². The summed E-state index contributed by atoms with van der Waals surface area (Å²) in [4.78, 5) is 14.0. The van der Waals surface area contributed by atoms with Gasteiger partial charge in [0.05, 0.1) is 18.8 Å². The molecule has 120 valence electrons. The van der Waals surface area contributed by atoms with Crippen molar-refractivity contribution in [3.63, 3.8) is 0 Å². The van der Waals surface area contributed by atoms with Gasteiger partial charge in [0.2, 0.25) is 5.91 Å². The quantitative estimate of drug-likeness (QED) is 0.932. The number of amides is 1. The van der Waals surface area contributed by atoms with Gasteiger partial charge in [0.15, 0.2) is 0 Å². The number of fused-ring (bicyclic) bond motifs is 1. The van der Waals surface area contributed by atoms with Crippen LogP contribution in [0, 0.1) is 0 Å². The van der Waals surface area contributed by atoms with Crippen LogP contribution in [0.25, 0.3) is 0 Å². The van der Waals surface area contributed by atoms with Gasteiger partial charge in [-0.3, -0.25) is 4.79 Å². The van der Waals surface area contributed by atoms with Gasteiger partial charge in [0.25, 0.3) is 0 Å². The second-order valence-corrected chi connectivity index (χ2v) is 5.96. The van der Waals surface area contributed by atoms with Gasteiger partial charge in [-0.1, -0.05) is 24.3 Å². The number of hydrogen-bond donors (Lipinski definition) is 1. The van der Waals surface area contributed by atoms with Crippen LogP contribution in [0.4, 0.5) is 11.4 Å². The molecule has 1 heterocycles. The molecular weight excluding hydrogens is 288 g/mol. The Morgan fingerprint density at radius 3 is 2.61 bits per heavy atom. The maximum absolute atomic E-state index is 12.1. The zero-order valence-corrected chi connectivity index (χ0v) is 13.7. The third-order valence-corrected chi connectivity index (χ3v) is 4.34. The van der Waals surface area contributed by atoms with E-state index in [2.05, 4.69) is 30.4 Å². The van der Waals surface area contributed by atoms with E-state index >= 15 is 0 Å². The molecule has 2 aromatic rings. The fourth-order valence-electron chi connectivity index (χ4n) is 3.32. The van der Waals surface area contributed by atoms with Crippen LogP contribution in [0.15, 0.2) is 48.5 Å². The first-order valence-corrected chi connectivity index (χ1v) is 7.89. The first kappa shape index (κ1) is 15.4. The smallest absolute Gasteiger partial charge is 0.224 e. The molecule has 1 unspecified atom stereocenters. The molecule has 3 rings (SSSR count). The number of nitrogens with zero attached hydrogens (tertiary/aromatic N) is 1. The summed E-state index contributed by atoms with van der Waals surface area (Å²) < 4.78 is 5.34. The Balaban J connectivity index is 2.01. The summed E-state index contributed by atoms with van der Waals surface area (Å²) in [5, 5.41) is 3.59. The number of benzene rings is 2. The van der Waals surface area contributed by atoms with E-state index in [1.54, 1.807) is 14.0 Å². The van der Waals surface area contributed by atoms with Crippen molar-refractivity contribution in [2.75, 3.05) is 17.3 Å². The van der Waals surface area contributed by atoms with Gasteiger partial charge >= 0.3 is 0 Å². The lowest BCUT2D eigenvalue weighted by molar-refractivity contribution is -0.117. The van der Waals surface area contributed by atoms with Gasteiger partial charge < -0.3 is 15.0 Å². The summed E-state index contributed by atoms with van der Waals surface area (Å²) >= 11 is 0. The van der Waals surface area contributed by atoms with Crippen molar-refractivity contribution in [1.82, 2.24) is 0 Å². The predicted molar refractivity (Wildman–Crippen MR) is 93.0 cm³/mol. The number of carbonyl (C=O) groups excluding carboxylic acids is 1. The number of hydrogen-bond acceptors (Lipinski definition) is 3. The zero-order valence-electron chi connectivity index (χ0n) is 13.7. The van der Waals surface area contributed by atoms with Crippen molar-refractivity contribution in [1.29, 1.82) is 0 Å². The van der Waals surface area contributed by atoms with E-state index < -0.39 is 0 Å². The summed E-state index contributed by atoms with van der Waals surface area (Å²) in [5.74, 6) is 0.827. The van der Waals surface area contributed by atoms with E-state index in [-0.39, 0.29) is 18.0 Å². The van der Waals surface area contributed by atoms with Crippen LogP contribution in [0.3, 0.4) is 0 Å².